The predicted octanol–water partition coefficient (Wildman–Crippen LogP) is 4.63. The van der Waals surface area contributed by atoms with Gasteiger partial charge in [-0.3, -0.25) is 0 Å². The lowest BCUT2D eigenvalue weighted by Crippen LogP contribution is -2.09. The number of aryl methyl sites for hydroxylation is 1. The zero-order valence-corrected chi connectivity index (χ0v) is 16.1. The fraction of sp³-hybridized carbons (Fsp3) is 0.300. The number of nitrogens with one attached hydrogen (secondary N) is 1. The normalized spacial score (nSPS) is 15.2. The van der Waals surface area contributed by atoms with Gasteiger partial charge in [0.15, 0.2) is 0 Å². The smallest absolute Gasteiger partial charge is 0.138 e. The minimum Gasteiger partial charge on any atom is -0.363 e. The molecule has 0 amide bonds. The number of hydrogen-bond donors (Lipinski definition) is 1. The molecule has 1 atom stereocenters. The number of nitrogens with zero attached hydrogens (tertiary/aromatic N) is 5. The molecule has 0 bridgehead atoms. The second-order valence-corrected chi connectivity index (χ2v) is 7.96. The van der Waals surface area contributed by atoms with E-state index >= 15 is 0 Å². The van der Waals surface area contributed by atoms with Crippen molar-refractivity contribution in [3.63, 3.8) is 0 Å². The molecule has 1 aromatic carbocycles. The predicted molar refractivity (Wildman–Crippen MR) is 108 cm³/mol. The number of anilines is 1. The van der Waals surface area contributed by atoms with E-state index in [1.165, 1.54) is 24.1 Å². The van der Waals surface area contributed by atoms with Gasteiger partial charge >= 0.3 is 0 Å². The molecular weight excluding hydrogens is 356 g/mol. The lowest BCUT2D eigenvalue weighted by atomic mass is 10.1. The van der Waals surface area contributed by atoms with Crippen molar-refractivity contribution in [2.45, 2.75) is 38.6 Å². The van der Waals surface area contributed by atoms with Crippen molar-refractivity contribution in [1.29, 1.82) is 0 Å². The Balaban J connectivity index is 1.39. The lowest BCUT2D eigenvalue weighted by Gasteiger charge is -2.16. The van der Waals surface area contributed by atoms with Crippen molar-refractivity contribution < 1.29 is 0 Å². The second-order valence-electron chi connectivity index (χ2n) is 7.07. The molecule has 0 aliphatic heterocycles. The van der Waals surface area contributed by atoms with Crippen LogP contribution >= 0.6 is 11.3 Å². The third-order valence-corrected chi connectivity index (χ3v) is 5.92. The van der Waals surface area contributed by atoms with Gasteiger partial charge in [-0.25, -0.2) is 14.6 Å². The highest BCUT2D eigenvalue weighted by Gasteiger charge is 2.30. The molecule has 7 heteroatoms. The SMILES string of the molecule is Cc1nnn(-c2ccc(C(C)Nc3ncnc4sccc34)cc2)c1C1CC1. The van der Waals surface area contributed by atoms with Crippen LogP contribution in [0.5, 0.6) is 0 Å². The lowest BCUT2D eigenvalue weighted by molar-refractivity contribution is 0.762. The number of thiophene rings is 1. The van der Waals surface area contributed by atoms with E-state index in [1.807, 2.05) is 17.0 Å². The van der Waals surface area contributed by atoms with Crippen LogP contribution < -0.4 is 5.32 Å². The van der Waals surface area contributed by atoms with Crippen molar-refractivity contribution in [3.8, 4) is 5.69 Å². The van der Waals surface area contributed by atoms with Crippen LogP contribution in [0.1, 0.15) is 48.7 Å². The average Bonchev–Trinajstić information content (AvgIpc) is 3.26. The maximum Gasteiger partial charge on any atom is 0.138 e. The number of aromatic nitrogens is 5. The fourth-order valence-electron chi connectivity index (χ4n) is 3.48. The first-order valence-corrected chi connectivity index (χ1v) is 10.1. The summed E-state index contributed by atoms with van der Waals surface area (Å²) in [7, 11) is 0. The first kappa shape index (κ1) is 16.4. The Labute approximate surface area is 161 Å². The van der Waals surface area contributed by atoms with Gasteiger partial charge in [-0.05, 0) is 55.8 Å². The molecule has 4 aromatic rings. The van der Waals surface area contributed by atoms with Gasteiger partial charge in [-0.15, -0.1) is 16.4 Å². The summed E-state index contributed by atoms with van der Waals surface area (Å²) in [5.74, 6) is 1.49. The van der Waals surface area contributed by atoms with Crippen LogP contribution in [0.4, 0.5) is 5.82 Å². The summed E-state index contributed by atoms with van der Waals surface area (Å²) in [4.78, 5) is 9.72. The van der Waals surface area contributed by atoms with Crippen molar-refractivity contribution in [1.82, 2.24) is 25.0 Å². The highest BCUT2D eigenvalue weighted by atomic mass is 32.1. The fourth-order valence-corrected chi connectivity index (χ4v) is 4.21. The third kappa shape index (κ3) is 2.98. The van der Waals surface area contributed by atoms with Gasteiger partial charge in [0, 0.05) is 12.0 Å². The van der Waals surface area contributed by atoms with Crippen LogP contribution in [0.15, 0.2) is 42.0 Å². The van der Waals surface area contributed by atoms with Crippen molar-refractivity contribution in [2.75, 3.05) is 5.32 Å². The summed E-state index contributed by atoms with van der Waals surface area (Å²) in [5, 5.41) is 15.3. The van der Waals surface area contributed by atoms with Gasteiger partial charge in [0.1, 0.15) is 17.0 Å². The van der Waals surface area contributed by atoms with Gasteiger partial charge in [0.2, 0.25) is 0 Å². The van der Waals surface area contributed by atoms with Gasteiger partial charge in [0.05, 0.1) is 22.5 Å². The van der Waals surface area contributed by atoms with E-state index in [9.17, 15) is 0 Å². The quantitative estimate of drug-likeness (QED) is 0.550. The Kier molecular flexibility index (Phi) is 3.89. The van der Waals surface area contributed by atoms with Crippen LogP contribution in [-0.2, 0) is 0 Å². The second kappa shape index (κ2) is 6.42. The van der Waals surface area contributed by atoms with E-state index in [0.29, 0.717) is 5.92 Å². The molecule has 6 nitrogen and oxygen atoms in total. The Morgan fingerprint density at radius 2 is 1.96 bits per heavy atom. The Bertz CT molecular complexity index is 1090. The molecule has 0 spiro atoms. The van der Waals surface area contributed by atoms with Crippen LogP contribution in [0.25, 0.3) is 15.9 Å². The van der Waals surface area contributed by atoms with E-state index < -0.39 is 0 Å². The topological polar surface area (TPSA) is 68.5 Å². The van der Waals surface area contributed by atoms with Crippen molar-refractivity contribution >= 4 is 27.4 Å². The maximum absolute atomic E-state index is 4.41. The zero-order chi connectivity index (χ0) is 18.4. The van der Waals surface area contributed by atoms with Gasteiger partial charge in [-0.1, -0.05) is 17.3 Å². The largest absolute Gasteiger partial charge is 0.363 e. The number of fused-ring (bicyclic) bond motifs is 1. The summed E-state index contributed by atoms with van der Waals surface area (Å²) in [6.07, 6.45) is 4.09. The molecule has 0 radical (unpaired) electrons. The highest BCUT2D eigenvalue weighted by Crippen LogP contribution is 2.41. The maximum atomic E-state index is 4.41. The molecule has 3 heterocycles. The van der Waals surface area contributed by atoms with E-state index in [2.05, 4.69) is 62.9 Å². The highest BCUT2D eigenvalue weighted by molar-refractivity contribution is 7.16. The monoisotopic (exact) mass is 376 g/mol. The van der Waals surface area contributed by atoms with E-state index in [1.54, 1.807) is 17.7 Å². The van der Waals surface area contributed by atoms with E-state index in [0.717, 1.165) is 27.4 Å². The van der Waals surface area contributed by atoms with Crippen LogP contribution in [0, 0.1) is 6.92 Å². The molecule has 1 saturated carbocycles. The zero-order valence-electron chi connectivity index (χ0n) is 15.3. The third-order valence-electron chi connectivity index (χ3n) is 5.10. The van der Waals surface area contributed by atoms with Crippen LogP contribution in [0.2, 0.25) is 0 Å². The summed E-state index contributed by atoms with van der Waals surface area (Å²) in [6, 6.07) is 10.7. The Morgan fingerprint density at radius 1 is 1.15 bits per heavy atom. The molecular formula is C20H20N6S. The molecule has 3 aromatic heterocycles. The van der Waals surface area contributed by atoms with Crippen molar-refractivity contribution in [3.05, 3.63) is 59.0 Å². The van der Waals surface area contributed by atoms with Gasteiger partial charge in [0.25, 0.3) is 0 Å². The van der Waals surface area contributed by atoms with Crippen LogP contribution in [-0.4, -0.2) is 25.0 Å². The summed E-state index contributed by atoms with van der Waals surface area (Å²) < 4.78 is 1.99. The summed E-state index contributed by atoms with van der Waals surface area (Å²) >= 11 is 1.63. The van der Waals surface area contributed by atoms with Gasteiger partial charge in [-0.2, -0.15) is 0 Å². The molecule has 1 aliphatic carbocycles. The first-order valence-electron chi connectivity index (χ1n) is 9.18. The number of hydrogen-bond acceptors (Lipinski definition) is 6. The summed E-state index contributed by atoms with van der Waals surface area (Å²) in [6.45, 7) is 4.19. The van der Waals surface area contributed by atoms with Crippen molar-refractivity contribution in [2.24, 2.45) is 0 Å². The molecule has 1 unspecified atom stereocenters. The molecule has 136 valence electrons. The molecule has 1 N–H and O–H groups in total. The standard InChI is InChI=1S/C20H20N6S/c1-12(23-19-17-9-10-27-20(17)22-11-21-19)14-5-7-16(8-6-14)26-18(15-3-4-15)13(2)24-25-26/h5-12,15H,3-4H2,1-2H3,(H,21,22,23). The first-order chi connectivity index (χ1) is 13.2. The minimum absolute atomic E-state index is 0.137. The number of benzene rings is 1. The molecule has 0 saturated heterocycles. The van der Waals surface area contributed by atoms with Gasteiger partial charge < -0.3 is 5.32 Å². The molecule has 5 rings (SSSR count). The Hall–Kier alpha value is -2.80. The Morgan fingerprint density at radius 3 is 2.74 bits per heavy atom. The van der Waals surface area contributed by atoms with Crippen LogP contribution in [0.3, 0.4) is 0 Å². The average molecular weight is 376 g/mol. The summed E-state index contributed by atoms with van der Waals surface area (Å²) in [5.41, 5.74) is 4.57. The molecule has 1 fully saturated rings. The minimum atomic E-state index is 0.137. The molecule has 27 heavy (non-hydrogen) atoms. The number of rotatable bonds is 5. The van der Waals surface area contributed by atoms with E-state index in [4.69, 9.17) is 0 Å². The van der Waals surface area contributed by atoms with E-state index in [-0.39, 0.29) is 6.04 Å². The molecule has 1 aliphatic rings.